The Kier molecular flexibility index (Phi) is 6.86. The summed E-state index contributed by atoms with van der Waals surface area (Å²) < 4.78 is 49.4. The van der Waals surface area contributed by atoms with Gasteiger partial charge in [-0.05, 0) is 23.8 Å². The summed E-state index contributed by atoms with van der Waals surface area (Å²) in [6.45, 7) is 0.0653. The Bertz CT molecular complexity index is 984. The summed E-state index contributed by atoms with van der Waals surface area (Å²) in [6.07, 6.45) is 1.04. The van der Waals surface area contributed by atoms with E-state index in [9.17, 15) is 17.6 Å². The van der Waals surface area contributed by atoms with E-state index in [4.69, 9.17) is 9.47 Å². The highest BCUT2D eigenvalue weighted by Crippen LogP contribution is 2.36. The molecule has 0 fully saturated rings. The second-order valence-corrected chi connectivity index (χ2v) is 9.31. The average Bonchev–Trinajstić information content (AvgIpc) is 3.14. The molecule has 10 heteroatoms. The molecule has 0 saturated heterocycles. The molecule has 0 unspecified atom stereocenters. The maximum Gasteiger partial charge on any atom is 0.240 e. The van der Waals surface area contributed by atoms with Crippen LogP contribution in [0.1, 0.15) is 5.56 Å². The van der Waals surface area contributed by atoms with E-state index >= 15 is 0 Å². The van der Waals surface area contributed by atoms with Gasteiger partial charge >= 0.3 is 0 Å². The van der Waals surface area contributed by atoms with Crippen molar-refractivity contribution in [1.82, 2.24) is 5.32 Å². The second-order valence-electron chi connectivity index (χ2n) is 6.30. The van der Waals surface area contributed by atoms with Gasteiger partial charge in [0.05, 0.1) is 11.9 Å². The molecular formula is C19H21FN2O5S2. The third-order valence-corrected chi connectivity index (χ3v) is 6.26. The van der Waals surface area contributed by atoms with E-state index in [0.29, 0.717) is 40.8 Å². The maximum atomic E-state index is 13.6. The van der Waals surface area contributed by atoms with E-state index in [1.54, 1.807) is 30.3 Å². The van der Waals surface area contributed by atoms with Crippen LogP contribution in [0.2, 0.25) is 0 Å². The number of benzene rings is 2. The number of anilines is 1. The van der Waals surface area contributed by atoms with Gasteiger partial charge in [0.15, 0.2) is 11.5 Å². The van der Waals surface area contributed by atoms with Crippen molar-refractivity contribution in [2.75, 3.05) is 36.2 Å². The van der Waals surface area contributed by atoms with Crippen molar-refractivity contribution < 1.29 is 27.1 Å². The van der Waals surface area contributed by atoms with Crippen LogP contribution in [0.5, 0.6) is 11.5 Å². The first kappa shape index (κ1) is 21.3. The van der Waals surface area contributed by atoms with Crippen LogP contribution >= 0.6 is 11.8 Å². The van der Waals surface area contributed by atoms with Crippen LogP contribution in [-0.4, -0.2) is 46.2 Å². The molecular weight excluding hydrogens is 419 g/mol. The zero-order valence-corrected chi connectivity index (χ0v) is 17.4. The lowest BCUT2D eigenvalue weighted by molar-refractivity contribution is -0.119. The summed E-state index contributed by atoms with van der Waals surface area (Å²) in [5.41, 5.74) is 0.927. The van der Waals surface area contributed by atoms with Gasteiger partial charge in [0.2, 0.25) is 22.7 Å². The molecule has 0 spiro atoms. The van der Waals surface area contributed by atoms with Crippen LogP contribution in [-0.2, 0) is 20.6 Å². The van der Waals surface area contributed by atoms with Crippen molar-refractivity contribution in [2.45, 2.75) is 5.75 Å². The van der Waals surface area contributed by atoms with Gasteiger partial charge < -0.3 is 14.8 Å². The molecule has 0 atom stereocenters. The Labute approximate surface area is 173 Å². The smallest absolute Gasteiger partial charge is 0.240 e. The summed E-state index contributed by atoms with van der Waals surface area (Å²) in [5, 5.41) is 2.69. The standard InChI is InChI=1S/C19H21FN2O5S2/c1-29(24,25)22(15-6-7-17-18(10-15)27-13-26-17)11-19(23)21-8-9-28-12-14-4-2-3-5-16(14)20/h2-7,10H,8-9,11-13H2,1H3,(H,21,23). The number of fused-ring (bicyclic) bond motifs is 1. The van der Waals surface area contributed by atoms with Crippen LogP contribution in [0.25, 0.3) is 0 Å². The van der Waals surface area contributed by atoms with E-state index in [2.05, 4.69) is 5.32 Å². The normalized spacial score (nSPS) is 12.6. The fourth-order valence-corrected chi connectivity index (χ4v) is 4.38. The minimum absolute atomic E-state index is 0.0721. The van der Waals surface area contributed by atoms with E-state index in [0.717, 1.165) is 10.6 Å². The number of halogens is 1. The number of hydrogen-bond acceptors (Lipinski definition) is 6. The highest BCUT2D eigenvalue weighted by molar-refractivity contribution is 7.98. The van der Waals surface area contributed by atoms with E-state index in [-0.39, 0.29) is 19.2 Å². The van der Waals surface area contributed by atoms with Gasteiger partial charge in [0.25, 0.3) is 0 Å². The number of carbonyl (C=O) groups excluding carboxylic acids is 1. The van der Waals surface area contributed by atoms with Gasteiger partial charge in [-0.1, -0.05) is 18.2 Å². The van der Waals surface area contributed by atoms with Gasteiger partial charge in [-0.15, -0.1) is 0 Å². The van der Waals surface area contributed by atoms with E-state index < -0.39 is 15.9 Å². The Morgan fingerprint density at radius 2 is 1.97 bits per heavy atom. The lowest BCUT2D eigenvalue weighted by atomic mass is 10.2. The Balaban J connectivity index is 1.51. The summed E-state index contributed by atoms with van der Waals surface area (Å²) in [4.78, 5) is 12.3. The molecule has 2 aromatic rings. The molecule has 0 radical (unpaired) electrons. The van der Waals surface area contributed by atoms with Gasteiger partial charge in [-0.2, -0.15) is 11.8 Å². The van der Waals surface area contributed by atoms with Crippen molar-refractivity contribution in [1.29, 1.82) is 0 Å². The largest absolute Gasteiger partial charge is 0.454 e. The Morgan fingerprint density at radius 1 is 1.21 bits per heavy atom. The van der Waals surface area contributed by atoms with Gasteiger partial charge in [0, 0.05) is 24.1 Å². The molecule has 1 N–H and O–H groups in total. The topological polar surface area (TPSA) is 84.9 Å². The molecule has 1 aliphatic rings. The first-order valence-corrected chi connectivity index (χ1v) is 11.8. The first-order valence-electron chi connectivity index (χ1n) is 8.80. The molecule has 2 aromatic carbocycles. The molecule has 1 amide bonds. The molecule has 0 aliphatic carbocycles. The quantitative estimate of drug-likeness (QED) is 0.603. The monoisotopic (exact) mass is 440 g/mol. The number of rotatable bonds is 9. The number of nitrogens with zero attached hydrogens (tertiary/aromatic N) is 1. The molecule has 156 valence electrons. The molecule has 29 heavy (non-hydrogen) atoms. The van der Waals surface area contributed by atoms with Gasteiger partial charge in [-0.3, -0.25) is 9.10 Å². The summed E-state index contributed by atoms with van der Waals surface area (Å²) in [5.74, 6) is 1.34. The third kappa shape index (κ3) is 5.77. The molecule has 0 saturated carbocycles. The number of amides is 1. The minimum Gasteiger partial charge on any atom is -0.454 e. The number of sulfonamides is 1. The SMILES string of the molecule is CS(=O)(=O)N(CC(=O)NCCSCc1ccccc1F)c1ccc2c(c1)OCO2. The van der Waals surface area contributed by atoms with E-state index in [1.165, 1.54) is 23.9 Å². The molecule has 3 rings (SSSR count). The molecule has 0 bridgehead atoms. The number of thioether (sulfide) groups is 1. The van der Waals surface area contributed by atoms with Gasteiger partial charge in [-0.25, -0.2) is 12.8 Å². The zero-order valence-electron chi connectivity index (χ0n) is 15.8. The Morgan fingerprint density at radius 3 is 2.72 bits per heavy atom. The minimum atomic E-state index is -3.68. The molecule has 1 aliphatic heterocycles. The van der Waals surface area contributed by atoms with Crippen LogP contribution in [0.15, 0.2) is 42.5 Å². The fourth-order valence-electron chi connectivity index (χ4n) is 2.69. The van der Waals surface area contributed by atoms with Crippen molar-refractivity contribution in [2.24, 2.45) is 0 Å². The van der Waals surface area contributed by atoms with Crippen molar-refractivity contribution >= 4 is 33.4 Å². The highest BCUT2D eigenvalue weighted by atomic mass is 32.2. The average molecular weight is 441 g/mol. The number of nitrogens with one attached hydrogen (secondary N) is 1. The molecule has 0 aromatic heterocycles. The summed E-state index contributed by atoms with van der Waals surface area (Å²) in [6, 6.07) is 11.2. The lowest BCUT2D eigenvalue weighted by Gasteiger charge is -2.22. The van der Waals surface area contributed by atoms with Crippen molar-refractivity contribution in [3.8, 4) is 11.5 Å². The predicted octanol–water partition coefficient (Wildman–Crippen LogP) is 2.37. The van der Waals surface area contributed by atoms with Gasteiger partial charge in [0.1, 0.15) is 12.4 Å². The zero-order chi connectivity index (χ0) is 20.9. The Hall–Kier alpha value is -2.46. The maximum absolute atomic E-state index is 13.6. The predicted molar refractivity (Wildman–Crippen MR) is 110 cm³/mol. The van der Waals surface area contributed by atoms with Crippen LogP contribution in [0.3, 0.4) is 0 Å². The molecule has 1 heterocycles. The number of carbonyl (C=O) groups is 1. The third-order valence-electron chi connectivity index (χ3n) is 4.12. The number of hydrogen-bond donors (Lipinski definition) is 1. The van der Waals surface area contributed by atoms with E-state index in [1.807, 2.05) is 0 Å². The van der Waals surface area contributed by atoms with Crippen molar-refractivity contribution in [3.05, 3.63) is 53.8 Å². The second kappa shape index (κ2) is 9.36. The van der Waals surface area contributed by atoms with Crippen LogP contribution in [0, 0.1) is 5.82 Å². The van der Waals surface area contributed by atoms with Crippen LogP contribution in [0.4, 0.5) is 10.1 Å². The number of ether oxygens (including phenoxy) is 2. The summed E-state index contributed by atoms with van der Waals surface area (Å²) >= 11 is 1.48. The summed E-state index contributed by atoms with van der Waals surface area (Å²) in [7, 11) is -3.68. The van der Waals surface area contributed by atoms with Crippen molar-refractivity contribution in [3.63, 3.8) is 0 Å². The molecule has 7 nitrogen and oxygen atoms in total. The highest BCUT2D eigenvalue weighted by Gasteiger charge is 2.23. The lowest BCUT2D eigenvalue weighted by Crippen LogP contribution is -2.41. The fraction of sp³-hybridized carbons (Fsp3) is 0.316. The van der Waals surface area contributed by atoms with Crippen LogP contribution < -0.4 is 19.1 Å². The first-order chi connectivity index (χ1) is 13.8.